The second kappa shape index (κ2) is 9.38. The predicted octanol–water partition coefficient (Wildman–Crippen LogP) is 1.99. The van der Waals surface area contributed by atoms with Gasteiger partial charge < -0.3 is 14.0 Å². The van der Waals surface area contributed by atoms with Gasteiger partial charge >= 0.3 is 0 Å². The first-order chi connectivity index (χ1) is 13.8. The van der Waals surface area contributed by atoms with E-state index in [9.17, 15) is 13.2 Å². The molecule has 160 valence electrons. The second-order valence-electron chi connectivity index (χ2n) is 6.93. The lowest BCUT2D eigenvalue weighted by Crippen LogP contribution is -2.47. The van der Waals surface area contributed by atoms with Gasteiger partial charge in [0.1, 0.15) is 11.8 Å². The number of piperidine rings is 1. The van der Waals surface area contributed by atoms with Crippen molar-refractivity contribution in [3.63, 3.8) is 0 Å². The summed E-state index contributed by atoms with van der Waals surface area (Å²) < 4.78 is 39.1. The first kappa shape index (κ1) is 21.9. The Morgan fingerprint density at radius 2 is 2.14 bits per heavy atom. The fourth-order valence-electron chi connectivity index (χ4n) is 3.51. The van der Waals surface area contributed by atoms with E-state index in [-0.39, 0.29) is 0 Å². The number of thiazole rings is 1. The number of hydrogen-bond donors (Lipinski definition) is 0. The van der Waals surface area contributed by atoms with Crippen LogP contribution in [-0.2, 0) is 26.1 Å². The van der Waals surface area contributed by atoms with Crippen LogP contribution in [0.25, 0.3) is 10.2 Å². The maximum absolute atomic E-state index is 13.0. The molecule has 0 spiro atoms. The Labute approximate surface area is 174 Å². The zero-order chi connectivity index (χ0) is 21.0. The zero-order valence-electron chi connectivity index (χ0n) is 17.0. The Kier molecular flexibility index (Phi) is 7.10. The molecule has 1 aromatic carbocycles. The molecule has 0 aliphatic carbocycles. The fraction of sp³-hybridized carbons (Fsp3) is 0.579. The van der Waals surface area contributed by atoms with Crippen LogP contribution in [0.4, 0.5) is 0 Å². The topological polar surface area (TPSA) is 90.2 Å². The van der Waals surface area contributed by atoms with E-state index < -0.39 is 22.0 Å². The van der Waals surface area contributed by atoms with E-state index in [0.717, 1.165) is 35.1 Å². The van der Waals surface area contributed by atoms with Crippen LogP contribution in [-0.4, -0.2) is 62.4 Å². The lowest BCUT2D eigenvalue weighted by Gasteiger charge is -2.31. The number of sulfonamides is 1. The van der Waals surface area contributed by atoms with Gasteiger partial charge in [-0.25, -0.2) is 8.42 Å². The number of hydrogen-bond acceptors (Lipinski definition) is 6. The number of ether oxygens (including phenoxy) is 2. The van der Waals surface area contributed by atoms with Crippen molar-refractivity contribution in [2.24, 2.45) is 4.99 Å². The van der Waals surface area contributed by atoms with Crippen LogP contribution in [0.5, 0.6) is 5.75 Å². The molecule has 10 heteroatoms. The van der Waals surface area contributed by atoms with E-state index in [1.807, 2.05) is 29.7 Å². The SMILES string of the molecule is CCOc1ccc2c(c1)sc(=NC(=O)C1CCCCN1S(C)(=O)=O)n2CCOC. The minimum absolute atomic E-state index is 0.360. The van der Waals surface area contributed by atoms with Crippen LogP contribution in [0, 0.1) is 0 Å². The summed E-state index contributed by atoms with van der Waals surface area (Å²) in [6.45, 7) is 3.86. The van der Waals surface area contributed by atoms with Crippen molar-refractivity contribution in [2.45, 2.75) is 38.8 Å². The first-order valence-corrected chi connectivity index (χ1v) is 12.3. The van der Waals surface area contributed by atoms with E-state index in [1.54, 1.807) is 7.11 Å². The smallest absolute Gasteiger partial charge is 0.266 e. The molecule has 1 saturated heterocycles. The molecule has 2 aromatic rings. The van der Waals surface area contributed by atoms with Crippen molar-refractivity contribution in [2.75, 3.05) is 33.1 Å². The molecule has 8 nitrogen and oxygen atoms in total. The van der Waals surface area contributed by atoms with Crippen molar-refractivity contribution in [1.82, 2.24) is 8.87 Å². The minimum Gasteiger partial charge on any atom is -0.494 e. The molecule has 29 heavy (non-hydrogen) atoms. The predicted molar refractivity (Wildman–Crippen MR) is 113 cm³/mol. The van der Waals surface area contributed by atoms with E-state index >= 15 is 0 Å². The van der Waals surface area contributed by atoms with E-state index in [1.165, 1.54) is 15.6 Å². The third-order valence-corrected chi connectivity index (χ3v) is 7.18. The zero-order valence-corrected chi connectivity index (χ0v) is 18.6. The van der Waals surface area contributed by atoms with Crippen LogP contribution in [0.3, 0.4) is 0 Å². The van der Waals surface area contributed by atoms with Crippen molar-refractivity contribution >= 4 is 37.5 Å². The molecule has 0 saturated carbocycles. The lowest BCUT2D eigenvalue weighted by atomic mass is 10.0. The Balaban J connectivity index is 2.03. The average molecular weight is 442 g/mol. The summed E-state index contributed by atoms with van der Waals surface area (Å²) >= 11 is 1.39. The van der Waals surface area contributed by atoms with E-state index in [2.05, 4.69) is 4.99 Å². The van der Waals surface area contributed by atoms with Gasteiger partial charge in [-0.2, -0.15) is 9.30 Å². The molecular weight excluding hydrogens is 414 g/mol. The summed E-state index contributed by atoms with van der Waals surface area (Å²) in [5, 5.41) is 0. The Hall–Kier alpha value is -1.75. The van der Waals surface area contributed by atoms with Gasteiger partial charge in [-0.1, -0.05) is 17.8 Å². The third-order valence-electron chi connectivity index (χ3n) is 4.85. The highest BCUT2D eigenvalue weighted by Gasteiger charge is 2.34. The number of nitrogens with zero attached hydrogens (tertiary/aromatic N) is 3. The summed E-state index contributed by atoms with van der Waals surface area (Å²) in [7, 11) is -1.84. The van der Waals surface area contributed by atoms with Crippen LogP contribution in [0.15, 0.2) is 23.2 Å². The molecule has 1 aromatic heterocycles. The fourth-order valence-corrected chi connectivity index (χ4v) is 5.72. The first-order valence-electron chi connectivity index (χ1n) is 9.65. The summed E-state index contributed by atoms with van der Waals surface area (Å²) in [4.78, 5) is 17.9. The van der Waals surface area contributed by atoms with Crippen LogP contribution >= 0.6 is 11.3 Å². The standard InChI is InChI=1S/C19H27N3O5S2/c1-4-27-14-8-9-15-17(13-14)28-19(21(15)11-12-26-2)20-18(23)16-7-5-6-10-22(16)29(3,24)25/h8-9,13,16H,4-7,10-12H2,1-3H3. The Bertz CT molecular complexity index is 1040. The Morgan fingerprint density at radius 3 is 2.83 bits per heavy atom. The van der Waals surface area contributed by atoms with Crippen molar-refractivity contribution in [3.05, 3.63) is 23.0 Å². The summed E-state index contributed by atoms with van der Waals surface area (Å²) in [6, 6.07) is 5.03. The number of methoxy groups -OCH3 is 1. The van der Waals surface area contributed by atoms with Crippen LogP contribution < -0.4 is 9.54 Å². The van der Waals surface area contributed by atoms with Crippen molar-refractivity contribution in [3.8, 4) is 5.75 Å². The summed E-state index contributed by atoms with van der Waals surface area (Å²) in [5.74, 6) is 0.339. The van der Waals surface area contributed by atoms with Gasteiger partial charge in [0.05, 0.1) is 29.7 Å². The average Bonchev–Trinajstić information content (AvgIpc) is 3.02. The molecular formula is C19H27N3O5S2. The maximum Gasteiger partial charge on any atom is 0.266 e. The molecule has 3 rings (SSSR count). The second-order valence-corrected chi connectivity index (χ2v) is 9.87. The maximum atomic E-state index is 13.0. The molecule has 1 amide bonds. The van der Waals surface area contributed by atoms with Gasteiger partial charge in [-0.05, 0) is 38.0 Å². The van der Waals surface area contributed by atoms with E-state index in [4.69, 9.17) is 9.47 Å². The van der Waals surface area contributed by atoms with Crippen molar-refractivity contribution < 1.29 is 22.7 Å². The molecule has 1 atom stereocenters. The number of benzene rings is 1. The van der Waals surface area contributed by atoms with Gasteiger partial charge in [0.15, 0.2) is 4.80 Å². The molecule has 0 radical (unpaired) electrons. The lowest BCUT2D eigenvalue weighted by molar-refractivity contribution is -0.122. The van der Waals surface area contributed by atoms with Crippen LogP contribution in [0.2, 0.25) is 0 Å². The number of rotatable bonds is 7. The molecule has 0 N–H and O–H groups in total. The number of amides is 1. The van der Waals surface area contributed by atoms with Gasteiger partial charge in [0.25, 0.3) is 5.91 Å². The molecule has 1 aliphatic heterocycles. The van der Waals surface area contributed by atoms with Gasteiger partial charge in [0.2, 0.25) is 10.0 Å². The molecule has 1 aliphatic rings. The van der Waals surface area contributed by atoms with Gasteiger partial charge in [-0.3, -0.25) is 4.79 Å². The normalized spacial score (nSPS) is 19.0. The van der Waals surface area contributed by atoms with Crippen molar-refractivity contribution in [1.29, 1.82) is 0 Å². The molecule has 0 bridgehead atoms. The molecule has 2 heterocycles. The number of carbonyl (C=O) groups excluding carboxylic acids is 1. The third kappa shape index (κ3) is 5.06. The quantitative estimate of drug-likeness (QED) is 0.655. The molecule has 1 fully saturated rings. The summed E-state index contributed by atoms with van der Waals surface area (Å²) in [5.41, 5.74) is 0.936. The highest BCUT2D eigenvalue weighted by Crippen LogP contribution is 2.24. The Morgan fingerprint density at radius 1 is 1.34 bits per heavy atom. The molecule has 1 unspecified atom stereocenters. The monoisotopic (exact) mass is 441 g/mol. The largest absolute Gasteiger partial charge is 0.494 e. The summed E-state index contributed by atoms with van der Waals surface area (Å²) in [6.07, 6.45) is 3.21. The van der Waals surface area contributed by atoms with Gasteiger partial charge in [-0.15, -0.1) is 0 Å². The highest BCUT2D eigenvalue weighted by atomic mass is 32.2. The van der Waals surface area contributed by atoms with Crippen LogP contribution in [0.1, 0.15) is 26.2 Å². The van der Waals surface area contributed by atoms with E-state index in [0.29, 0.717) is 37.5 Å². The number of aromatic nitrogens is 1. The number of carbonyl (C=O) groups is 1. The highest BCUT2D eigenvalue weighted by molar-refractivity contribution is 7.88. The minimum atomic E-state index is -3.46. The van der Waals surface area contributed by atoms with Gasteiger partial charge in [0, 0.05) is 20.2 Å². The number of fused-ring (bicyclic) bond motifs is 1.